The van der Waals surface area contributed by atoms with E-state index < -0.39 is 31.3 Å². The van der Waals surface area contributed by atoms with Gasteiger partial charge < -0.3 is 9.79 Å². The van der Waals surface area contributed by atoms with E-state index in [1.165, 1.54) is 33.8 Å². The molecule has 1 unspecified atom stereocenters. The molecule has 3 heterocycles. The number of aromatic nitrogens is 6. The number of H-pyrrole nitrogens is 1. The van der Waals surface area contributed by atoms with Crippen molar-refractivity contribution in [2.75, 3.05) is 0 Å². The molecule has 36 heavy (non-hydrogen) atoms. The van der Waals surface area contributed by atoms with Gasteiger partial charge >= 0.3 is 14.0 Å². The Morgan fingerprint density at radius 1 is 1.28 bits per heavy atom. The van der Waals surface area contributed by atoms with Crippen molar-refractivity contribution >= 4 is 30.6 Å². The second kappa shape index (κ2) is 9.79. The third-order valence-electron chi connectivity index (χ3n) is 5.10. The molecule has 0 spiro atoms. The molecule has 0 saturated carbocycles. The molecule has 11 nitrogen and oxygen atoms in total. The van der Waals surface area contributed by atoms with E-state index in [1.807, 2.05) is 0 Å². The second-order valence-corrected chi connectivity index (χ2v) is 9.35. The van der Waals surface area contributed by atoms with Crippen LogP contribution in [0.3, 0.4) is 0 Å². The second-order valence-electron chi connectivity index (χ2n) is 7.80. The van der Waals surface area contributed by atoms with Crippen molar-refractivity contribution in [1.82, 2.24) is 29.3 Å². The monoisotopic (exact) mass is 546 g/mol. The Balaban J connectivity index is 1.80. The molecular formula is C20H19ClF3N6O5P. The Labute approximate surface area is 205 Å². The minimum absolute atomic E-state index is 0.00776. The summed E-state index contributed by atoms with van der Waals surface area (Å²) < 4.78 is 58.3. The molecule has 0 saturated heterocycles. The number of fused-ring (bicyclic) bond motifs is 1. The molecule has 0 amide bonds. The molecule has 16 heteroatoms. The summed E-state index contributed by atoms with van der Waals surface area (Å²) in [6.45, 7) is 1.74. The Kier molecular flexibility index (Phi) is 7.08. The number of nitrogens with zero attached hydrogens (tertiary/aromatic N) is 5. The summed E-state index contributed by atoms with van der Waals surface area (Å²) in [5, 5.41) is 3.92. The molecule has 4 aromatic rings. The summed E-state index contributed by atoms with van der Waals surface area (Å²) in [5.74, 6) is 0.0486. The minimum Gasteiger partial charge on any atom is -0.303 e. The molecule has 0 fully saturated rings. The number of hydrogen-bond donors (Lipinski definition) is 3. The Hall–Kier alpha value is -3.03. The van der Waals surface area contributed by atoms with Gasteiger partial charge in [0.15, 0.2) is 11.2 Å². The summed E-state index contributed by atoms with van der Waals surface area (Å²) in [5.41, 5.74) is -1.10. The van der Waals surface area contributed by atoms with Gasteiger partial charge in [0.25, 0.3) is 5.56 Å². The smallest absolute Gasteiger partial charge is 0.303 e. The summed E-state index contributed by atoms with van der Waals surface area (Å²) in [4.78, 5) is 42.2. The minimum atomic E-state index is -4.99. The molecule has 0 aliphatic rings. The summed E-state index contributed by atoms with van der Waals surface area (Å²) in [7, 11) is -4.99. The van der Waals surface area contributed by atoms with Gasteiger partial charge in [0.1, 0.15) is 12.1 Å². The lowest BCUT2D eigenvalue weighted by Gasteiger charge is -2.21. The van der Waals surface area contributed by atoms with Crippen LogP contribution in [0.1, 0.15) is 37.1 Å². The SMILES string of the molecule is CCCC(OP(=O)(O)O)n1c(-c2cnn(Cc3cccc(C(F)(F)F)c3)c2)nc2nc(Cl)[nH]c(=O)c21. The normalized spacial score (nSPS) is 13.4. The van der Waals surface area contributed by atoms with Crippen molar-refractivity contribution < 1.29 is 32.0 Å². The first-order valence-electron chi connectivity index (χ1n) is 10.5. The van der Waals surface area contributed by atoms with Crippen molar-refractivity contribution in [3.63, 3.8) is 0 Å². The number of aromatic amines is 1. The van der Waals surface area contributed by atoms with Crippen LogP contribution in [-0.2, 0) is 21.8 Å². The summed E-state index contributed by atoms with van der Waals surface area (Å²) in [6, 6.07) is 4.78. The molecule has 1 atom stereocenters. The molecular weight excluding hydrogens is 528 g/mol. The maximum absolute atomic E-state index is 13.1. The van der Waals surface area contributed by atoms with Gasteiger partial charge in [0.05, 0.1) is 23.9 Å². The van der Waals surface area contributed by atoms with Crippen LogP contribution in [0.25, 0.3) is 22.6 Å². The average Bonchev–Trinajstić information content (AvgIpc) is 3.36. The fraction of sp³-hybridized carbons (Fsp3) is 0.300. The summed E-state index contributed by atoms with van der Waals surface area (Å²) in [6.07, 6.45) is -2.45. The lowest BCUT2D eigenvalue weighted by molar-refractivity contribution is -0.137. The third kappa shape index (κ3) is 5.68. The number of phosphoric acid groups is 1. The number of alkyl halides is 3. The summed E-state index contributed by atoms with van der Waals surface area (Å²) >= 11 is 5.85. The van der Waals surface area contributed by atoms with Crippen LogP contribution in [0.2, 0.25) is 5.28 Å². The van der Waals surface area contributed by atoms with E-state index in [1.54, 1.807) is 6.92 Å². The molecule has 0 radical (unpaired) electrons. The first-order valence-corrected chi connectivity index (χ1v) is 12.4. The highest BCUT2D eigenvalue weighted by molar-refractivity contribution is 7.46. The van der Waals surface area contributed by atoms with Gasteiger partial charge in [-0.05, 0) is 35.7 Å². The highest BCUT2D eigenvalue weighted by Crippen LogP contribution is 2.43. The fourth-order valence-electron chi connectivity index (χ4n) is 3.70. The highest BCUT2D eigenvalue weighted by atomic mass is 35.5. The van der Waals surface area contributed by atoms with Gasteiger partial charge in [-0.1, -0.05) is 25.5 Å². The lowest BCUT2D eigenvalue weighted by Crippen LogP contribution is -2.18. The van der Waals surface area contributed by atoms with Crippen LogP contribution < -0.4 is 5.56 Å². The molecule has 0 bridgehead atoms. The molecule has 0 aliphatic heterocycles. The first kappa shape index (κ1) is 26.0. The van der Waals surface area contributed by atoms with E-state index in [4.69, 9.17) is 16.1 Å². The van der Waals surface area contributed by atoms with Gasteiger partial charge in [-0.3, -0.25) is 23.6 Å². The van der Waals surface area contributed by atoms with Gasteiger partial charge in [-0.15, -0.1) is 0 Å². The van der Waals surface area contributed by atoms with E-state index in [9.17, 15) is 32.3 Å². The molecule has 0 aliphatic carbocycles. The van der Waals surface area contributed by atoms with Crippen molar-refractivity contribution in [1.29, 1.82) is 0 Å². The number of rotatable bonds is 8. The van der Waals surface area contributed by atoms with Crippen LogP contribution in [0.15, 0.2) is 41.5 Å². The third-order valence-corrected chi connectivity index (χ3v) is 5.80. The number of phosphoric ester groups is 1. The van der Waals surface area contributed by atoms with E-state index in [0.717, 1.165) is 12.1 Å². The van der Waals surface area contributed by atoms with Crippen LogP contribution in [0.5, 0.6) is 0 Å². The molecule has 3 N–H and O–H groups in total. The number of benzene rings is 1. The molecule has 4 rings (SSSR count). The quantitative estimate of drug-likeness (QED) is 0.221. The standard InChI is InChI=1S/C20H19ClF3N6O5P/c1-2-4-14(35-36(32,33)34)30-15-16(27-19(21)28-18(15)31)26-17(30)12-8-25-29(10-12)9-11-5-3-6-13(7-11)20(22,23)24/h3,5-8,10,14H,2,4,9H2,1H3,(H,27,28,31)(H2,32,33,34). The number of hydrogen-bond acceptors (Lipinski definition) is 6. The van der Waals surface area contributed by atoms with Crippen molar-refractivity contribution in [2.45, 2.75) is 38.7 Å². The predicted octanol–water partition coefficient (Wildman–Crippen LogP) is 4.11. The van der Waals surface area contributed by atoms with Crippen LogP contribution >= 0.6 is 19.4 Å². The number of imidazole rings is 1. The van der Waals surface area contributed by atoms with Gasteiger partial charge in [-0.2, -0.15) is 23.3 Å². The zero-order valence-corrected chi connectivity index (χ0v) is 20.1. The van der Waals surface area contributed by atoms with E-state index in [0.29, 0.717) is 17.5 Å². The highest BCUT2D eigenvalue weighted by Gasteiger charge is 2.31. The Morgan fingerprint density at radius 2 is 2.03 bits per heavy atom. The number of halogens is 4. The Morgan fingerprint density at radius 3 is 2.69 bits per heavy atom. The zero-order chi connectivity index (χ0) is 26.3. The van der Waals surface area contributed by atoms with Crippen LogP contribution in [0, 0.1) is 0 Å². The van der Waals surface area contributed by atoms with Crippen LogP contribution in [0.4, 0.5) is 13.2 Å². The fourth-order valence-corrected chi connectivity index (χ4v) is 4.38. The van der Waals surface area contributed by atoms with E-state index in [-0.39, 0.29) is 35.2 Å². The maximum atomic E-state index is 13.1. The molecule has 1 aromatic carbocycles. The van der Waals surface area contributed by atoms with Gasteiger partial charge in [-0.25, -0.2) is 9.55 Å². The molecule has 192 valence electrons. The maximum Gasteiger partial charge on any atom is 0.471 e. The van der Waals surface area contributed by atoms with Crippen molar-refractivity contribution in [3.05, 3.63) is 63.4 Å². The average molecular weight is 547 g/mol. The predicted molar refractivity (Wildman–Crippen MR) is 122 cm³/mol. The van der Waals surface area contributed by atoms with E-state index >= 15 is 0 Å². The van der Waals surface area contributed by atoms with Gasteiger partial charge in [0.2, 0.25) is 5.28 Å². The topological polar surface area (TPSA) is 148 Å². The van der Waals surface area contributed by atoms with E-state index in [2.05, 4.69) is 20.1 Å². The van der Waals surface area contributed by atoms with Crippen LogP contribution in [-0.4, -0.2) is 39.1 Å². The van der Waals surface area contributed by atoms with Crippen molar-refractivity contribution in [3.8, 4) is 11.4 Å². The largest absolute Gasteiger partial charge is 0.471 e. The zero-order valence-electron chi connectivity index (χ0n) is 18.5. The van der Waals surface area contributed by atoms with Gasteiger partial charge in [0, 0.05) is 6.20 Å². The number of nitrogens with one attached hydrogen (secondary N) is 1. The lowest BCUT2D eigenvalue weighted by atomic mass is 10.1. The molecule has 3 aromatic heterocycles. The van der Waals surface area contributed by atoms with Crippen molar-refractivity contribution in [2.24, 2.45) is 0 Å². The first-order chi connectivity index (χ1) is 16.9. The Bertz CT molecular complexity index is 1510.